The standard InChI is InChI=1S/C7H12O4.C4H8O2.2C2H6O2Si/c1-6(8)10-4-3-5-11-7(2)9;1-3-6-4(2)5;2*1-2(3)4-5/h3-5H2,1-2H3;3H2,1-2H3;2*1,5H3. The molecule has 27 heavy (non-hydrogen) atoms. The van der Waals surface area contributed by atoms with Crippen LogP contribution in [0.4, 0.5) is 0 Å². The molecular weight excluding hydrogens is 396 g/mol. The normalized spacial score (nSPS) is 8.07. The summed E-state index contributed by atoms with van der Waals surface area (Å²) in [7, 11) is 1.05. The summed E-state index contributed by atoms with van der Waals surface area (Å²) in [5.74, 6) is -1.20. The number of esters is 3. The Kier molecular flexibility index (Phi) is 31.3. The minimum atomic E-state index is -0.312. The third-order valence-electron chi connectivity index (χ3n) is 1.82. The average Bonchev–Trinajstić information content (AvgIpc) is 2.55. The maximum absolute atomic E-state index is 10.2. The van der Waals surface area contributed by atoms with E-state index in [0.29, 0.717) is 47.2 Å². The number of carbonyl (C=O) groups is 5. The van der Waals surface area contributed by atoms with Crippen molar-refractivity contribution in [2.75, 3.05) is 19.8 Å². The van der Waals surface area contributed by atoms with Gasteiger partial charge in [0.25, 0.3) is 11.9 Å². The van der Waals surface area contributed by atoms with Crippen LogP contribution in [0.15, 0.2) is 0 Å². The molecule has 0 fully saturated rings. The molecule has 0 aliphatic heterocycles. The highest BCUT2D eigenvalue weighted by molar-refractivity contribution is 6.05. The number of carbonyl (C=O) groups excluding carboxylic acids is 5. The van der Waals surface area contributed by atoms with Gasteiger partial charge in [-0.15, -0.1) is 0 Å². The first-order valence-electron chi connectivity index (χ1n) is 7.93. The third-order valence-corrected chi connectivity index (χ3v) is 2.97. The molecule has 0 bridgehead atoms. The van der Waals surface area contributed by atoms with Crippen molar-refractivity contribution >= 4 is 50.8 Å². The Bertz CT molecular complexity index is 397. The summed E-state index contributed by atoms with van der Waals surface area (Å²) >= 11 is 0. The van der Waals surface area contributed by atoms with Gasteiger partial charge in [-0.05, 0) is 6.92 Å². The predicted octanol–water partition coefficient (Wildman–Crippen LogP) is -1.27. The Morgan fingerprint density at radius 2 is 0.852 bits per heavy atom. The molecule has 10 nitrogen and oxygen atoms in total. The van der Waals surface area contributed by atoms with E-state index in [-0.39, 0.29) is 29.8 Å². The summed E-state index contributed by atoms with van der Waals surface area (Å²) in [6, 6.07) is 0. The molecule has 12 heteroatoms. The maximum atomic E-state index is 10.2. The minimum Gasteiger partial charge on any atom is -0.529 e. The average molecular weight is 429 g/mol. The zero-order valence-corrected chi connectivity index (χ0v) is 21.4. The van der Waals surface area contributed by atoms with Gasteiger partial charge < -0.3 is 23.1 Å². The Morgan fingerprint density at radius 3 is 0.963 bits per heavy atom. The maximum Gasteiger partial charge on any atom is 0.302 e. The van der Waals surface area contributed by atoms with Gasteiger partial charge in [-0.1, -0.05) is 0 Å². The van der Waals surface area contributed by atoms with Crippen LogP contribution in [-0.2, 0) is 47.0 Å². The van der Waals surface area contributed by atoms with E-state index >= 15 is 0 Å². The van der Waals surface area contributed by atoms with Gasteiger partial charge in [-0.25, -0.2) is 0 Å². The van der Waals surface area contributed by atoms with Crippen molar-refractivity contribution in [2.24, 2.45) is 0 Å². The first-order valence-corrected chi connectivity index (χ1v) is 9.56. The first-order chi connectivity index (χ1) is 12.4. The summed E-state index contributed by atoms with van der Waals surface area (Å²) in [5.41, 5.74) is 0. The Hall–Kier alpha value is -2.22. The SMILES string of the molecule is CC(=O)OCCCOC(C)=O.CC(=O)O[SiH3].CC(=O)O[SiH3].CCOC(C)=O. The second-order valence-corrected chi connectivity index (χ2v) is 5.17. The van der Waals surface area contributed by atoms with Crippen LogP contribution < -0.4 is 0 Å². The third kappa shape index (κ3) is 69.1. The smallest absolute Gasteiger partial charge is 0.302 e. The molecule has 160 valence electrons. The van der Waals surface area contributed by atoms with Crippen LogP contribution in [0.2, 0.25) is 0 Å². The highest BCUT2D eigenvalue weighted by Crippen LogP contribution is 1.85. The fourth-order valence-electron chi connectivity index (χ4n) is 0.694. The van der Waals surface area contributed by atoms with E-state index in [1.807, 2.05) is 0 Å². The van der Waals surface area contributed by atoms with Gasteiger partial charge >= 0.3 is 17.9 Å². The van der Waals surface area contributed by atoms with E-state index in [4.69, 9.17) is 0 Å². The van der Waals surface area contributed by atoms with Gasteiger partial charge in [0, 0.05) is 41.0 Å². The van der Waals surface area contributed by atoms with Crippen molar-refractivity contribution in [1.82, 2.24) is 0 Å². The molecule has 0 saturated heterocycles. The van der Waals surface area contributed by atoms with E-state index < -0.39 is 0 Å². The molecule has 0 aliphatic rings. The molecule has 0 unspecified atom stereocenters. The van der Waals surface area contributed by atoms with Crippen molar-refractivity contribution in [3.8, 4) is 0 Å². The van der Waals surface area contributed by atoms with E-state index in [1.54, 1.807) is 6.92 Å². The van der Waals surface area contributed by atoms with Crippen LogP contribution in [-0.4, -0.2) is 70.6 Å². The van der Waals surface area contributed by atoms with E-state index in [0.717, 1.165) is 0 Å². The van der Waals surface area contributed by atoms with Crippen LogP contribution in [0, 0.1) is 0 Å². The largest absolute Gasteiger partial charge is 0.529 e. The van der Waals surface area contributed by atoms with Crippen molar-refractivity contribution in [1.29, 1.82) is 0 Å². The lowest BCUT2D eigenvalue weighted by atomic mass is 10.5. The number of rotatable bonds is 5. The lowest BCUT2D eigenvalue weighted by Crippen LogP contribution is -2.06. The van der Waals surface area contributed by atoms with E-state index in [9.17, 15) is 24.0 Å². The molecule has 0 saturated carbocycles. The Labute approximate surface area is 166 Å². The highest BCUT2D eigenvalue weighted by Gasteiger charge is 1.94. The van der Waals surface area contributed by atoms with Crippen molar-refractivity contribution in [3.05, 3.63) is 0 Å². The minimum absolute atomic E-state index is 0.184. The number of hydrogen-bond donors (Lipinski definition) is 0. The Morgan fingerprint density at radius 1 is 0.593 bits per heavy atom. The van der Waals surface area contributed by atoms with Gasteiger partial charge in [-0.3, -0.25) is 24.0 Å². The van der Waals surface area contributed by atoms with Crippen molar-refractivity contribution in [3.63, 3.8) is 0 Å². The fraction of sp³-hybridized carbons (Fsp3) is 0.667. The molecular formula is C15H32O10Si2. The molecule has 0 aromatic rings. The molecule has 0 N–H and O–H groups in total. The predicted molar refractivity (Wildman–Crippen MR) is 104 cm³/mol. The highest BCUT2D eigenvalue weighted by atomic mass is 28.2. The summed E-state index contributed by atoms with van der Waals surface area (Å²) in [6.07, 6.45) is 0.555. The van der Waals surface area contributed by atoms with Gasteiger partial charge in [0.05, 0.1) is 19.8 Å². The first kappa shape index (κ1) is 32.5. The summed E-state index contributed by atoms with van der Waals surface area (Å²) in [5, 5.41) is 0. The topological polar surface area (TPSA) is 132 Å². The zero-order chi connectivity index (χ0) is 22.3. The van der Waals surface area contributed by atoms with Gasteiger partial charge in [0.2, 0.25) is 21.0 Å². The Balaban J connectivity index is -0.000000141. The van der Waals surface area contributed by atoms with Gasteiger partial charge in [0.15, 0.2) is 0 Å². The zero-order valence-electron chi connectivity index (χ0n) is 17.4. The lowest BCUT2D eigenvalue weighted by molar-refractivity contribution is -0.144. The quantitative estimate of drug-likeness (QED) is 0.226. The number of hydrogen-bond acceptors (Lipinski definition) is 10. The summed E-state index contributed by atoms with van der Waals surface area (Å²) in [6.45, 7) is 9.74. The lowest BCUT2D eigenvalue weighted by Gasteiger charge is -2.01. The molecule has 0 aromatic carbocycles. The van der Waals surface area contributed by atoms with Crippen molar-refractivity contribution < 1.29 is 47.0 Å². The summed E-state index contributed by atoms with van der Waals surface area (Å²) in [4.78, 5) is 49.5. The van der Waals surface area contributed by atoms with E-state index in [2.05, 4.69) is 23.1 Å². The van der Waals surface area contributed by atoms with Crippen LogP contribution >= 0.6 is 0 Å². The molecule has 0 amide bonds. The summed E-state index contributed by atoms with van der Waals surface area (Å²) < 4.78 is 22.1. The molecule has 0 radical (unpaired) electrons. The van der Waals surface area contributed by atoms with Crippen LogP contribution in [0.5, 0.6) is 0 Å². The van der Waals surface area contributed by atoms with Crippen LogP contribution in [0.25, 0.3) is 0 Å². The van der Waals surface area contributed by atoms with Gasteiger partial charge in [0.1, 0.15) is 0 Å². The van der Waals surface area contributed by atoms with Crippen molar-refractivity contribution in [2.45, 2.75) is 48.0 Å². The number of ether oxygens (including phenoxy) is 3. The molecule has 0 atom stereocenters. The molecule has 0 aliphatic carbocycles. The monoisotopic (exact) mass is 428 g/mol. The fourth-order valence-corrected chi connectivity index (χ4v) is 0.694. The second kappa shape index (κ2) is 26.0. The molecule has 0 heterocycles. The van der Waals surface area contributed by atoms with Crippen LogP contribution in [0.3, 0.4) is 0 Å². The molecule has 0 aromatic heterocycles. The second-order valence-electron chi connectivity index (χ2n) is 4.35. The van der Waals surface area contributed by atoms with Crippen LogP contribution in [0.1, 0.15) is 48.0 Å². The van der Waals surface area contributed by atoms with E-state index in [1.165, 1.54) is 34.6 Å². The van der Waals surface area contributed by atoms with Gasteiger partial charge in [-0.2, -0.15) is 0 Å². The molecule has 0 spiro atoms. The molecule has 0 rings (SSSR count).